The first-order valence-electron chi connectivity index (χ1n) is 3.84. The van der Waals surface area contributed by atoms with Gasteiger partial charge in [0.1, 0.15) is 5.75 Å². The van der Waals surface area contributed by atoms with Crippen LogP contribution in [0, 0.1) is 3.57 Å². The van der Waals surface area contributed by atoms with Crippen molar-refractivity contribution >= 4 is 22.6 Å². The molecule has 0 aliphatic rings. The second-order valence-corrected chi connectivity index (χ2v) is 3.55. The molecular weight excluding hydrogens is 279 g/mol. The zero-order valence-electron chi connectivity index (χ0n) is 7.37. The molecule has 2 nitrogen and oxygen atoms in total. The van der Waals surface area contributed by atoms with Crippen LogP contribution in [0.5, 0.6) is 5.75 Å². The van der Waals surface area contributed by atoms with Crippen molar-refractivity contribution in [1.82, 2.24) is 0 Å². The molecule has 0 amide bonds. The van der Waals surface area contributed by atoms with Crippen molar-refractivity contribution in [2.45, 2.75) is 6.29 Å². The van der Waals surface area contributed by atoms with E-state index < -0.39 is 0 Å². The summed E-state index contributed by atoms with van der Waals surface area (Å²) in [5.41, 5.74) is 0. The molecule has 0 saturated heterocycles. The van der Waals surface area contributed by atoms with E-state index in [1.807, 2.05) is 24.3 Å². The third-order valence-corrected chi connectivity index (χ3v) is 2.40. The zero-order chi connectivity index (χ0) is 9.68. The summed E-state index contributed by atoms with van der Waals surface area (Å²) >= 11 is 2.21. The summed E-state index contributed by atoms with van der Waals surface area (Å²) in [5.74, 6) is 0.815. The molecule has 70 valence electrons. The second-order valence-electron chi connectivity index (χ2n) is 2.39. The largest absolute Gasteiger partial charge is 0.460 e. The maximum atomic E-state index is 5.50. The van der Waals surface area contributed by atoms with Crippen LogP contribution in [0.25, 0.3) is 0 Å². The lowest BCUT2D eigenvalue weighted by molar-refractivity contribution is -0.0159. The van der Waals surface area contributed by atoms with Crippen LogP contribution >= 0.6 is 22.6 Å². The van der Waals surface area contributed by atoms with Gasteiger partial charge in [0, 0.05) is 7.11 Å². The average molecular weight is 290 g/mol. The van der Waals surface area contributed by atoms with E-state index in [0.717, 1.165) is 9.32 Å². The Bertz CT molecular complexity index is 286. The molecule has 1 aromatic rings. The summed E-state index contributed by atoms with van der Waals surface area (Å²) in [4.78, 5) is 0. The molecule has 0 aliphatic heterocycles. The molecule has 0 fully saturated rings. The van der Waals surface area contributed by atoms with Gasteiger partial charge in [0.05, 0.1) is 3.57 Å². The Morgan fingerprint density at radius 2 is 2.15 bits per heavy atom. The Labute approximate surface area is 91.7 Å². The summed E-state index contributed by atoms with van der Waals surface area (Å²) in [6.45, 7) is 3.61. The van der Waals surface area contributed by atoms with Crippen molar-refractivity contribution in [1.29, 1.82) is 0 Å². The third kappa shape index (κ3) is 3.00. The highest BCUT2D eigenvalue weighted by Gasteiger charge is 2.05. The van der Waals surface area contributed by atoms with E-state index in [1.54, 1.807) is 13.2 Å². The highest BCUT2D eigenvalue weighted by Crippen LogP contribution is 2.21. The van der Waals surface area contributed by atoms with Crippen molar-refractivity contribution in [3.63, 3.8) is 0 Å². The molecule has 0 spiro atoms. The van der Waals surface area contributed by atoms with Gasteiger partial charge in [-0.15, -0.1) is 0 Å². The molecule has 1 rings (SSSR count). The van der Waals surface area contributed by atoms with Crippen LogP contribution in [0.4, 0.5) is 0 Å². The monoisotopic (exact) mass is 290 g/mol. The highest BCUT2D eigenvalue weighted by molar-refractivity contribution is 14.1. The lowest BCUT2D eigenvalue weighted by atomic mass is 10.3. The van der Waals surface area contributed by atoms with Crippen LogP contribution in [0.2, 0.25) is 0 Å². The predicted molar refractivity (Wildman–Crippen MR) is 60.8 cm³/mol. The van der Waals surface area contributed by atoms with Crippen LogP contribution < -0.4 is 4.74 Å². The summed E-state index contributed by atoms with van der Waals surface area (Å²) in [7, 11) is 1.59. The van der Waals surface area contributed by atoms with Crippen LogP contribution in [-0.2, 0) is 4.74 Å². The van der Waals surface area contributed by atoms with Gasteiger partial charge in [-0.2, -0.15) is 0 Å². The minimum atomic E-state index is -0.379. The number of benzene rings is 1. The summed E-state index contributed by atoms with van der Waals surface area (Å²) in [6, 6.07) is 7.76. The number of rotatable bonds is 4. The lowest BCUT2D eigenvalue weighted by Gasteiger charge is -2.14. The molecule has 0 aromatic heterocycles. The van der Waals surface area contributed by atoms with Crippen LogP contribution in [0.15, 0.2) is 36.9 Å². The first kappa shape index (κ1) is 10.5. The Kier molecular flexibility index (Phi) is 4.24. The van der Waals surface area contributed by atoms with Crippen molar-refractivity contribution in [2.75, 3.05) is 7.11 Å². The fraction of sp³-hybridized carbons (Fsp3) is 0.200. The lowest BCUT2D eigenvalue weighted by Crippen LogP contribution is -2.15. The van der Waals surface area contributed by atoms with Crippen molar-refractivity contribution in [3.05, 3.63) is 40.5 Å². The van der Waals surface area contributed by atoms with Crippen LogP contribution in [0.3, 0.4) is 0 Å². The van der Waals surface area contributed by atoms with Gasteiger partial charge >= 0.3 is 0 Å². The Hall–Kier alpha value is -0.550. The number of hydrogen-bond donors (Lipinski definition) is 0. The van der Waals surface area contributed by atoms with Gasteiger partial charge in [0.2, 0.25) is 6.29 Å². The summed E-state index contributed by atoms with van der Waals surface area (Å²) in [6.07, 6.45) is 1.24. The third-order valence-electron chi connectivity index (χ3n) is 1.50. The normalized spacial score (nSPS) is 12.2. The fourth-order valence-corrected chi connectivity index (χ4v) is 1.37. The molecule has 0 heterocycles. The predicted octanol–water partition coefficient (Wildman–Crippen LogP) is 2.83. The van der Waals surface area contributed by atoms with E-state index in [4.69, 9.17) is 9.47 Å². The van der Waals surface area contributed by atoms with Gasteiger partial charge in [-0.05, 0) is 40.8 Å². The van der Waals surface area contributed by atoms with E-state index in [-0.39, 0.29) is 6.29 Å². The summed E-state index contributed by atoms with van der Waals surface area (Å²) < 4.78 is 11.6. The highest BCUT2D eigenvalue weighted by atomic mass is 127. The van der Waals surface area contributed by atoms with Crippen molar-refractivity contribution < 1.29 is 9.47 Å². The standard InChI is InChI=1S/C10H11IO2/c1-3-10(12-2)13-9-7-5-4-6-8(9)11/h3-7,10H,1H2,2H3. The minimum absolute atomic E-state index is 0.379. The van der Waals surface area contributed by atoms with Crippen LogP contribution in [-0.4, -0.2) is 13.4 Å². The van der Waals surface area contributed by atoms with Gasteiger partial charge in [-0.1, -0.05) is 18.7 Å². The molecule has 1 unspecified atom stereocenters. The van der Waals surface area contributed by atoms with E-state index in [2.05, 4.69) is 29.2 Å². The Balaban J connectivity index is 2.73. The first-order chi connectivity index (χ1) is 6.27. The van der Waals surface area contributed by atoms with E-state index >= 15 is 0 Å². The smallest absolute Gasteiger partial charge is 0.219 e. The molecular formula is C10H11IO2. The van der Waals surface area contributed by atoms with Crippen LogP contribution in [0.1, 0.15) is 0 Å². The van der Waals surface area contributed by atoms with E-state index in [9.17, 15) is 0 Å². The molecule has 13 heavy (non-hydrogen) atoms. The number of hydrogen-bond acceptors (Lipinski definition) is 2. The van der Waals surface area contributed by atoms with Crippen molar-refractivity contribution in [3.8, 4) is 5.75 Å². The molecule has 3 heteroatoms. The molecule has 0 bridgehead atoms. The Morgan fingerprint density at radius 3 is 2.69 bits per heavy atom. The number of halogens is 1. The van der Waals surface area contributed by atoms with E-state index in [1.165, 1.54) is 0 Å². The zero-order valence-corrected chi connectivity index (χ0v) is 9.52. The molecule has 0 radical (unpaired) electrons. The first-order valence-corrected chi connectivity index (χ1v) is 4.92. The maximum Gasteiger partial charge on any atom is 0.219 e. The SMILES string of the molecule is C=CC(OC)Oc1ccccc1I. The van der Waals surface area contributed by atoms with Gasteiger partial charge in [0.25, 0.3) is 0 Å². The molecule has 0 N–H and O–H groups in total. The Morgan fingerprint density at radius 1 is 1.46 bits per heavy atom. The van der Waals surface area contributed by atoms with Gasteiger partial charge in [-0.3, -0.25) is 0 Å². The molecule has 1 atom stereocenters. The van der Waals surface area contributed by atoms with Gasteiger partial charge < -0.3 is 9.47 Å². The topological polar surface area (TPSA) is 18.5 Å². The average Bonchev–Trinajstić information content (AvgIpc) is 2.17. The fourth-order valence-electron chi connectivity index (χ4n) is 0.858. The van der Waals surface area contributed by atoms with Gasteiger partial charge in [0.15, 0.2) is 0 Å². The second kappa shape index (κ2) is 5.24. The number of methoxy groups -OCH3 is 1. The quantitative estimate of drug-likeness (QED) is 0.482. The summed E-state index contributed by atoms with van der Waals surface area (Å²) in [5, 5.41) is 0. The molecule has 0 saturated carbocycles. The minimum Gasteiger partial charge on any atom is -0.460 e. The molecule has 0 aliphatic carbocycles. The molecule has 1 aromatic carbocycles. The number of para-hydroxylation sites is 1. The number of ether oxygens (including phenoxy) is 2. The van der Waals surface area contributed by atoms with Crippen molar-refractivity contribution in [2.24, 2.45) is 0 Å². The van der Waals surface area contributed by atoms with E-state index in [0.29, 0.717) is 0 Å². The van der Waals surface area contributed by atoms with Gasteiger partial charge in [-0.25, -0.2) is 0 Å². The maximum absolute atomic E-state index is 5.50.